The third-order valence-corrected chi connectivity index (χ3v) is 4.89. The van der Waals surface area contributed by atoms with Crippen LogP contribution in [0.25, 0.3) is 0 Å². The third kappa shape index (κ3) is 3.18. The smallest absolute Gasteiger partial charge is 0.0221 e. The van der Waals surface area contributed by atoms with Crippen molar-refractivity contribution < 1.29 is 0 Å². The van der Waals surface area contributed by atoms with Crippen LogP contribution in [0.5, 0.6) is 0 Å². The van der Waals surface area contributed by atoms with Crippen molar-refractivity contribution in [1.29, 1.82) is 0 Å². The molecule has 2 heteroatoms. The number of hydrogen-bond acceptors (Lipinski definition) is 2. The highest BCUT2D eigenvalue weighted by Gasteiger charge is 2.19. The molecular formula is C17H28N2. The van der Waals surface area contributed by atoms with Crippen LogP contribution in [0.4, 0.5) is 0 Å². The zero-order valence-corrected chi connectivity index (χ0v) is 13.1. The molecule has 1 N–H and O–H groups in total. The van der Waals surface area contributed by atoms with E-state index in [0.717, 1.165) is 13.1 Å². The molecule has 0 radical (unpaired) electrons. The standard InChI is InChI=1S/C17H28N2/c1-12-10-13(2)15(4)17(14(12)3)7-6-16-11-18-8-9-19(16)5/h10,16,18H,6-9,11H2,1-5H3. The molecule has 19 heavy (non-hydrogen) atoms. The van der Waals surface area contributed by atoms with Gasteiger partial charge in [0.05, 0.1) is 0 Å². The summed E-state index contributed by atoms with van der Waals surface area (Å²) in [5, 5.41) is 3.51. The summed E-state index contributed by atoms with van der Waals surface area (Å²) >= 11 is 0. The van der Waals surface area contributed by atoms with Crippen LogP contribution >= 0.6 is 0 Å². The maximum Gasteiger partial charge on any atom is 0.0221 e. The van der Waals surface area contributed by atoms with Gasteiger partial charge in [-0.15, -0.1) is 0 Å². The lowest BCUT2D eigenvalue weighted by molar-refractivity contribution is 0.190. The Morgan fingerprint density at radius 1 is 1.16 bits per heavy atom. The van der Waals surface area contributed by atoms with Crippen LogP contribution in [0.15, 0.2) is 6.07 Å². The summed E-state index contributed by atoms with van der Waals surface area (Å²) in [4.78, 5) is 2.50. The van der Waals surface area contributed by atoms with Gasteiger partial charge in [-0.2, -0.15) is 0 Å². The minimum atomic E-state index is 0.688. The second-order valence-electron chi connectivity index (χ2n) is 6.12. The predicted molar refractivity (Wildman–Crippen MR) is 83.0 cm³/mol. The monoisotopic (exact) mass is 260 g/mol. The number of nitrogens with one attached hydrogen (secondary N) is 1. The van der Waals surface area contributed by atoms with Crippen molar-refractivity contribution in [3.8, 4) is 0 Å². The highest BCUT2D eigenvalue weighted by atomic mass is 15.2. The molecule has 1 saturated heterocycles. The van der Waals surface area contributed by atoms with Crippen molar-refractivity contribution in [2.75, 3.05) is 26.7 Å². The molecule has 1 aliphatic heterocycles. The van der Waals surface area contributed by atoms with E-state index in [1.54, 1.807) is 5.56 Å². The summed E-state index contributed by atoms with van der Waals surface area (Å²) in [6.07, 6.45) is 2.46. The molecule has 0 amide bonds. The van der Waals surface area contributed by atoms with Crippen LogP contribution < -0.4 is 5.32 Å². The second kappa shape index (κ2) is 6.06. The van der Waals surface area contributed by atoms with Gasteiger partial charge in [0, 0.05) is 25.7 Å². The first-order valence-electron chi connectivity index (χ1n) is 7.48. The molecule has 0 aromatic heterocycles. The van der Waals surface area contributed by atoms with E-state index in [-0.39, 0.29) is 0 Å². The van der Waals surface area contributed by atoms with E-state index in [1.165, 1.54) is 41.6 Å². The maximum atomic E-state index is 3.51. The Morgan fingerprint density at radius 3 is 2.37 bits per heavy atom. The topological polar surface area (TPSA) is 15.3 Å². The van der Waals surface area contributed by atoms with Crippen molar-refractivity contribution in [3.63, 3.8) is 0 Å². The average Bonchev–Trinajstić information content (AvgIpc) is 2.38. The van der Waals surface area contributed by atoms with Crippen LogP contribution in [-0.2, 0) is 6.42 Å². The summed E-state index contributed by atoms with van der Waals surface area (Å²) in [5.74, 6) is 0. The van der Waals surface area contributed by atoms with Crippen LogP contribution in [0.2, 0.25) is 0 Å². The Labute approximate surface area is 118 Å². The molecule has 0 bridgehead atoms. The Balaban J connectivity index is 2.11. The lowest BCUT2D eigenvalue weighted by Crippen LogP contribution is -2.49. The zero-order chi connectivity index (χ0) is 14.0. The Hall–Kier alpha value is -0.860. The Bertz CT molecular complexity index is 425. The van der Waals surface area contributed by atoms with E-state index >= 15 is 0 Å². The van der Waals surface area contributed by atoms with Crippen molar-refractivity contribution in [3.05, 3.63) is 33.9 Å². The number of nitrogens with zero attached hydrogens (tertiary/aromatic N) is 1. The van der Waals surface area contributed by atoms with E-state index in [1.807, 2.05) is 0 Å². The minimum Gasteiger partial charge on any atom is -0.314 e. The molecule has 0 saturated carbocycles. The van der Waals surface area contributed by atoms with Crippen LogP contribution in [0.1, 0.15) is 34.2 Å². The Morgan fingerprint density at radius 2 is 1.79 bits per heavy atom. The summed E-state index contributed by atoms with van der Waals surface area (Å²) < 4.78 is 0. The minimum absolute atomic E-state index is 0.688. The van der Waals surface area contributed by atoms with Gasteiger partial charge in [-0.25, -0.2) is 0 Å². The molecule has 1 fully saturated rings. The number of rotatable bonds is 3. The molecule has 2 nitrogen and oxygen atoms in total. The predicted octanol–water partition coefficient (Wildman–Crippen LogP) is 2.76. The first kappa shape index (κ1) is 14.5. The molecule has 1 heterocycles. The van der Waals surface area contributed by atoms with Crippen molar-refractivity contribution in [2.24, 2.45) is 0 Å². The van der Waals surface area contributed by atoms with Gasteiger partial charge in [-0.05, 0) is 75.4 Å². The number of hydrogen-bond donors (Lipinski definition) is 1. The molecule has 0 aliphatic carbocycles. The van der Waals surface area contributed by atoms with E-state index in [9.17, 15) is 0 Å². The quantitative estimate of drug-likeness (QED) is 0.899. The number of piperazine rings is 1. The van der Waals surface area contributed by atoms with Gasteiger partial charge in [0.2, 0.25) is 0 Å². The largest absolute Gasteiger partial charge is 0.314 e. The van der Waals surface area contributed by atoms with Crippen molar-refractivity contribution in [2.45, 2.75) is 46.6 Å². The van der Waals surface area contributed by atoms with Crippen molar-refractivity contribution >= 4 is 0 Å². The van der Waals surface area contributed by atoms with Gasteiger partial charge < -0.3 is 10.2 Å². The molecule has 0 spiro atoms. The summed E-state index contributed by atoms with van der Waals surface area (Å²) in [7, 11) is 2.26. The van der Waals surface area contributed by atoms with Crippen LogP contribution in [0, 0.1) is 27.7 Å². The van der Waals surface area contributed by atoms with Gasteiger partial charge in [0.15, 0.2) is 0 Å². The fraction of sp³-hybridized carbons (Fsp3) is 0.647. The lowest BCUT2D eigenvalue weighted by Gasteiger charge is -2.33. The maximum absolute atomic E-state index is 3.51. The SMILES string of the molecule is Cc1cc(C)c(C)c(CCC2CNCCN2C)c1C. The number of likely N-dealkylation sites (N-methyl/N-ethyl adjacent to an activating group) is 1. The summed E-state index contributed by atoms with van der Waals surface area (Å²) in [6, 6.07) is 3.01. The fourth-order valence-corrected chi connectivity index (χ4v) is 3.17. The van der Waals surface area contributed by atoms with E-state index in [4.69, 9.17) is 0 Å². The molecule has 1 atom stereocenters. The molecule has 2 rings (SSSR count). The third-order valence-electron chi connectivity index (χ3n) is 4.89. The Kier molecular flexibility index (Phi) is 4.64. The first-order chi connectivity index (χ1) is 9.00. The van der Waals surface area contributed by atoms with Crippen LogP contribution in [-0.4, -0.2) is 37.6 Å². The fourth-order valence-electron chi connectivity index (χ4n) is 3.17. The van der Waals surface area contributed by atoms with E-state index in [0.29, 0.717) is 6.04 Å². The van der Waals surface area contributed by atoms with E-state index in [2.05, 4.69) is 51.0 Å². The van der Waals surface area contributed by atoms with Gasteiger partial charge in [0.25, 0.3) is 0 Å². The van der Waals surface area contributed by atoms with Crippen molar-refractivity contribution in [1.82, 2.24) is 10.2 Å². The van der Waals surface area contributed by atoms with Crippen LogP contribution in [0.3, 0.4) is 0 Å². The highest BCUT2D eigenvalue weighted by molar-refractivity contribution is 5.44. The van der Waals surface area contributed by atoms with Gasteiger partial charge in [0.1, 0.15) is 0 Å². The van der Waals surface area contributed by atoms with E-state index < -0.39 is 0 Å². The number of benzene rings is 1. The average molecular weight is 260 g/mol. The molecule has 1 unspecified atom stereocenters. The zero-order valence-electron chi connectivity index (χ0n) is 13.1. The normalized spacial score (nSPS) is 20.8. The summed E-state index contributed by atoms with van der Waals surface area (Å²) in [5.41, 5.74) is 7.45. The molecule has 106 valence electrons. The molecular weight excluding hydrogens is 232 g/mol. The van der Waals surface area contributed by atoms with Gasteiger partial charge in [-0.1, -0.05) is 6.07 Å². The highest BCUT2D eigenvalue weighted by Crippen LogP contribution is 2.24. The number of aryl methyl sites for hydroxylation is 2. The molecule has 1 aromatic carbocycles. The lowest BCUT2D eigenvalue weighted by atomic mass is 9.90. The first-order valence-corrected chi connectivity index (χ1v) is 7.48. The van der Waals surface area contributed by atoms with Gasteiger partial charge >= 0.3 is 0 Å². The van der Waals surface area contributed by atoms with Gasteiger partial charge in [-0.3, -0.25) is 0 Å². The second-order valence-corrected chi connectivity index (χ2v) is 6.12. The molecule has 1 aromatic rings. The molecule has 1 aliphatic rings. The summed E-state index contributed by atoms with van der Waals surface area (Å²) in [6.45, 7) is 12.5.